The van der Waals surface area contributed by atoms with E-state index >= 15 is 0 Å². The van der Waals surface area contributed by atoms with Gasteiger partial charge in [0.2, 0.25) is 5.16 Å². The van der Waals surface area contributed by atoms with Crippen molar-refractivity contribution in [2.75, 3.05) is 19.4 Å². The maximum Gasteiger partial charge on any atom is 0.209 e. The number of methoxy groups -OCH3 is 1. The van der Waals surface area contributed by atoms with E-state index in [9.17, 15) is 0 Å². The smallest absolute Gasteiger partial charge is 0.209 e. The van der Waals surface area contributed by atoms with Gasteiger partial charge in [0.25, 0.3) is 0 Å². The average molecular weight is 416 g/mol. The van der Waals surface area contributed by atoms with Gasteiger partial charge in [0.1, 0.15) is 0 Å². The summed E-state index contributed by atoms with van der Waals surface area (Å²) in [4.78, 5) is 0. The molecule has 0 aliphatic heterocycles. The molecule has 0 spiro atoms. The standard InChI is InChI=1S/C15H22BrN5O2S/c1-10(2)23-14-8-12(16)11(7-13(14)22-4)9-17-5-6-24-15-18-19-20-21(15)3/h7-8,10,17H,5-6,9H2,1-4H3. The molecular formula is C15H22BrN5O2S. The first-order valence-electron chi connectivity index (χ1n) is 7.60. The number of tetrazole rings is 1. The van der Waals surface area contributed by atoms with Gasteiger partial charge in [-0.3, -0.25) is 0 Å². The molecule has 0 amide bonds. The second kappa shape index (κ2) is 9.24. The minimum atomic E-state index is 0.0990. The number of benzene rings is 1. The molecule has 0 unspecified atom stereocenters. The third-order valence-electron chi connectivity index (χ3n) is 3.10. The number of halogens is 1. The number of nitrogens with zero attached hydrogens (tertiary/aromatic N) is 4. The first-order valence-corrected chi connectivity index (χ1v) is 9.38. The summed E-state index contributed by atoms with van der Waals surface area (Å²) in [6, 6.07) is 3.95. The van der Waals surface area contributed by atoms with Gasteiger partial charge in [-0.05, 0) is 42.0 Å². The first kappa shape index (κ1) is 19.0. The highest BCUT2D eigenvalue weighted by atomic mass is 79.9. The van der Waals surface area contributed by atoms with Crippen LogP contribution in [0.4, 0.5) is 0 Å². The van der Waals surface area contributed by atoms with Crippen molar-refractivity contribution < 1.29 is 9.47 Å². The van der Waals surface area contributed by atoms with Crippen LogP contribution in [-0.4, -0.2) is 45.7 Å². The lowest BCUT2D eigenvalue weighted by Crippen LogP contribution is -2.17. The molecule has 0 aliphatic rings. The molecule has 9 heteroatoms. The van der Waals surface area contributed by atoms with Crippen LogP contribution >= 0.6 is 27.7 Å². The van der Waals surface area contributed by atoms with E-state index in [0.717, 1.165) is 45.5 Å². The van der Waals surface area contributed by atoms with Crippen molar-refractivity contribution in [2.45, 2.75) is 31.7 Å². The molecule has 0 bridgehead atoms. The molecule has 7 nitrogen and oxygen atoms in total. The monoisotopic (exact) mass is 415 g/mol. The molecule has 0 fully saturated rings. The first-order chi connectivity index (χ1) is 11.5. The molecule has 2 rings (SSSR count). The van der Waals surface area contributed by atoms with Crippen LogP contribution in [0.3, 0.4) is 0 Å². The number of aromatic nitrogens is 4. The minimum absolute atomic E-state index is 0.0990. The summed E-state index contributed by atoms with van der Waals surface area (Å²) in [5.41, 5.74) is 1.12. The SMILES string of the molecule is COc1cc(CNCCSc2nnnn2C)c(Br)cc1OC(C)C. The predicted molar refractivity (Wildman–Crippen MR) is 97.7 cm³/mol. The number of rotatable bonds is 9. The normalized spacial score (nSPS) is 11.1. The Morgan fingerprint density at radius 1 is 1.33 bits per heavy atom. The molecule has 0 aliphatic carbocycles. The van der Waals surface area contributed by atoms with E-state index in [2.05, 4.69) is 36.8 Å². The second-order valence-electron chi connectivity index (χ2n) is 5.37. The minimum Gasteiger partial charge on any atom is -0.493 e. The molecular weight excluding hydrogens is 394 g/mol. The zero-order chi connectivity index (χ0) is 17.5. The average Bonchev–Trinajstić information content (AvgIpc) is 2.93. The van der Waals surface area contributed by atoms with Crippen LogP contribution in [0, 0.1) is 0 Å². The van der Waals surface area contributed by atoms with Crippen molar-refractivity contribution in [3.05, 3.63) is 22.2 Å². The molecule has 0 atom stereocenters. The Hall–Kier alpha value is -1.32. The Balaban J connectivity index is 1.86. The Morgan fingerprint density at radius 2 is 2.12 bits per heavy atom. The van der Waals surface area contributed by atoms with Gasteiger partial charge < -0.3 is 14.8 Å². The lowest BCUT2D eigenvalue weighted by atomic mass is 10.2. The molecule has 2 aromatic rings. The van der Waals surface area contributed by atoms with Crippen molar-refractivity contribution in [2.24, 2.45) is 7.05 Å². The summed E-state index contributed by atoms with van der Waals surface area (Å²) >= 11 is 5.22. The number of nitrogens with one attached hydrogen (secondary N) is 1. The fourth-order valence-corrected chi connectivity index (χ4v) is 3.21. The van der Waals surface area contributed by atoms with Gasteiger partial charge >= 0.3 is 0 Å². The topological polar surface area (TPSA) is 74.1 Å². The third-order valence-corrected chi connectivity index (χ3v) is 4.85. The number of hydrogen-bond donors (Lipinski definition) is 1. The summed E-state index contributed by atoms with van der Waals surface area (Å²) in [5.74, 6) is 2.37. The van der Waals surface area contributed by atoms with Crippen LogP contribution in [0.15, 0.2) is 21.8 Å². The Labute approximate surface area is 154 Å². The summed E-state index contributed by atoms with van der Waals surface area (Å²) in [5, 5.41) is 15.6. The number of thioether (sulfide) groups is 1. The molecule has 1 heterocycles. The molecule has 0 saturated heterocycles. The van der Waals surface area contributed by atoms with Crippen LogP contribution in [0.25, 0.3) is 0 Å². The maximum absolute atomic E-state index is 5.77. The largest absolute Gasteiger partial charge is 0.493 e. The van der Waals surface area contributed by atoms with Crippen LogP contribution in [0.1, 0.15) is 19.4 Å². The van der Waals surface area contributed by atoms with E-state index in [1.165, 1.54) is 0 Å². The molecule has 24 heavy (non-hydrogen) atoms. The highest BCUT2D eigenvalue weighted by molar-refractivity contribution is 9.10. The molecule has 132 valence electrons. The van der Waals surface area contributed by atoms with E-state index in [1.54, 1.807) is 23.6 Å². The van der Waals surface area contributed by atoms with Gasteiger partial charge in [0, 0.05) is 30.4 Å². The molecule has 1 aromatic heterocycles. The number of ether oxygens (including phenoxy) is 2. The fraction of sp³-hybridized carbons (Fsp3) is 0.533. The predicted octanol–water partition coefficient (Wildman–Crippen LogP) is 2.65. The van der Waals surface area contributed by atoms with Crippen LogP contribution < -0.4 is 14.8 Å². The Kier molecular flexibility index (Phi) is 7.32. The Morgan fingerprint density at radius 3 is 2.75 bits per heavy atom. The Bertz CT molecular complexity index is 665. The molecule has 1 aromatic carbocycles. The van der Waals surface area contributed by atoms with E-state index in [-0.39, 0.29) is 6.10 Å². The lowest BCUT2D eigenvalue weighted by Gasteiger charge is -2.16. The van der Waals surface area contributed by atoms with Gasteiger partial charge in [0.15, 0.2) is 11.5 Å². The van der Waals surface area contributed by atoms with Gasteiger partial charge in [-0.1, -0.05) is 27.7 Å². The van der Waals surface area contributed by atoms with Crippen molar-refractivity contribution >= 4 is 27.7 Å². The van der Waals surface area contributed by atoms with Crippen LogP contribution in [-0.2, 0) is 13.6 Å². The van der Waals surface area contributed by atoms with E-state index in [0.29, 0.717) is 0 Å². The van der Waals surface area contributed by atoms with Gasteiger partial charge in [-0.15, -0.1) is 5.10 Å². The van der Waals surface area contributed by atoms with E-state index in [1.807, 2.05) is 33.0 Å². The summed E-state index contributed by atoms with van der Waals surface area (Å²) in [6.45, 7) is 5.56. The molecule has 0 saturated carbocycles. The zero-order valence-corrected chi connectivity index (χ0v) is 16.6. The second-order valence-corrected chi connectivity index (χ2v) is 7.29. The van der Waals surface area contributed by atoms with Crippen molar-refractivity contribution in [1.82, 2.24) is 25.5 Å². The van der Waals surface area contributed by atoms with Gasteiger partial charge in [-0.2, -0.15) is 0 Å². The zero-order valence-electron chi connectivity index (χ0n) is 14.2. The summed E-state index contributed by atoms with van der Waals surface area (Å²) in [7, 11) is 3.49. The number of hydrogen-bond acceptors (Lipinski definition) is 7. The van der Waals surface area contributed by atoms with Crippen LogP contribution in [0.2, 0.25) is 0 Å². The van der Waals surface area contributed by atoms with Crippen molar-refractivity contribution in [3.63, 3.8) is 0 Å². The third kappa shape index (κ3) is 5.35. The van der Waals surface area contributed by atoms with Gasteiger partial charge in [0.05, 0.1) is 13.2 Å². The van der Waals surface area contributed by atoms with E-state index < -0.39 is 0 Å². The fourth-order valence-electron chi connectivity index (χ4n) is 2.00. The maximum atomic E-state index is 5.77. The van der Waals surface area contributed by atoms with Crippen LogP contribution in [0.5, 0.6) is 11.5 Å². The molecule has 0 radical (unpaired) electrons. The summed E-state index contributed by atoms with van der Waals surface area (Å²) < 4.78 is 13.9. The lowest BCUT2D eigenvalue weighted by molar-refractivity contribution is 0.230. The quantitative estimate of drug-likeness (QED) is 0.498. The van der Waals surface area contributed by atoms with E-state index in [4.69, 9.17) is 9.47 Å². The molecule has 1 N–H and O–H groups in total. The highest BCUT2D eigenvalue weighted by Crippen LogP contribution is 2.34. The highest BCUT2D eigenvalue weighted by Gasteiger charge is 2.11. The summed E-state index contributed by atoms with van der Waals surface area (Å²) in [6.07, 6.45) is 0.0990. The number of aryl methyl sites for hydroxylation is 1. The van der Waals surface area contributed by atoms with Gasteiger partial charge in [-0.25, -0.2) is 4.68 Å². The van der Waals surface area contributed by atoms with Crippen molar-refractivity contribution in [3.8, 4) is 11.5 Å². The van der Waals surface area contributed by atoms with Crippen molar-refractivity contribution in [1.29, 1.82) is 0 Å².